The monoisotopic (exact) mass is 1550 g/mol. The Morgan fingerprint density at radius 3 is 1.07 bits per heavy atom. The third-order valence-electron chi connectivity index (χ3n) is 11.6. The molecular weight excluding hydrogens is 1500 g/mol. The maximum atomic E-state index is 10.7. The number of benzene rings is 5. The first-order valence-electron chi connectivity index (χ1n) is 25.9. The number of rotatable bonds is 5. The first kappa shape index (κ1) is 69.4. The summed E-state index contributed by atoms with van der Waals surface area (Å²) in [6.45, 7) is 0. The molecule has 3 N–H and O–H groups in total. The third-order valence-corrected chi connectivity index (χ3v) is 12.2. The fraction of sp³-hybridized carbons (Fsp3) is 0.0441. The van der Waals surface area contributed by atoms with Crippen LogP contribution in [0.5, 0.6) is 0 Å². The van der Waals surface area contributed by atoms with Crippen LogP contribution >= 0.6 is 0 Å². The predicted octanol–water partition coefficient (Wildman–Crippen LogP) is 15.1. The second-order valence-corrected chi connectivity index (χ2v) is 18.4. The Balaban J connectivity index is 0.000000193. The van der Waals surface area contributed by atoms with Crippen LogP contribution in [0.25, 0.3) is 100 Å². The molecule has 0 bridgehead atoms. The number of aliphatic hydroxyl groups excluding tert-OH is 2. The second kappa shape index (κ2) is 36.0. The molecule has 20 heteroatoms. The van der Waals surface area contributed by atoms with E-state index in [1.807, 2.05) is 212 Å². The molecular formula is C68H52F3Ir2N7O7S-4. The van der Waals surface area contributed by atoms with Crippen LogP contribution in [0.2, 0.25) is 0 Å². The van der Waals surface area contributed by atoms with Crippen LogP contribution in [-0.2, 0) is 50.3 Å². The Morgan fingerprint density at radius 2 is 0.705 bits per heavy atom. The minimum absolute atomic E-state index is 0. The van der Waals surface area contributed by atoms with Crippen LogP contribution in [0.15, 0.2) is 271 Å². The number of furan rings is 2. The van der Waals surface area contributed by atoms with Gasteiger partial charge in [-0.15, -0.1) is 126 Å². The molecule has 2 radical (unpaired) electrons. The van der Waals surface area contributed by atoms with Gasteiger partial charge in [0.15, 0.2) is 0 Å². The minimum atomic E-state index is -5.84. The molecule has 0 fully saturated rings. The van der Waals surface area contributed by atoms with Crippen LogP contribution in [0.3, 0.4) is 0 Å². The number of pyridine rings is 7. The molecule has 88 heavy (non-hydrogen) atoms. The molecule has 450 valence electrons. The van der Waals surface area contributed by atoms with Gasteiger partial charge in [-0.3, -0.25) is 9.54 Å². The Kier molecular flexibility index (Phi) is 28.4. The second-order valence-electron chi connectivity index (χ2n) is 17.0. The molecule has 0 aliphatic carbocycles. The molecule has 14 nitrogen and oxygen atoms in total. The summed E-state index contributed by atoms with van der Waals surface area (Å²) < 4.78 is 69.3. The standard InChI is InChI=1S/C16H10N2O.C16H9N2O.3C11H8N.CHF3O3S.2CH4O.2Ir/c2*1-2-9-17-14(8-1)13-6-3-5-11-12-7-4-10-18-16(12)19-15(11)13;3*1-2-6-10(7-3-1)11-8-4-5-9-12-11;2-1(3,4)8(5,6)7;2*1-2;;/h1-10H;1-5,7-10H;3*1-6,8-9H;(H,5,6,7);2*2H,1H3;;/q;4*-1;;;;;. The number of aliphatic hydroxyl groups is 2. The fourth-order valence-electron chi connectivity index (χ4n) is 7.86. The number of halogens is 3. The summed E-state index contributed by atoms with van der Waals surface area (Å²) in [5.41, 5.74) is 7.07. The van der Waals surface area contributed by atoms with Gasteiger partial charge in [0.25, 0.3) is 0 Å². The maximum absolute atomic E-state index is 10.7. The number of fused-ring (bicyclic) bond motifs is 6. The first-order chi connectivity index (χ1) is 42.0. The van der Waals surface area contributed by atoms with Crippen molar-refractivity contribution in [1.82, 2.24) is 34.9 Å². The van der Waals surface area contributed by atoms with Crippen molar-refractivity contribution in [3.63, 3.8) is 0 Å². The van der Waals surface area contributed by atoms with Crippen molar-refractivity contribution in [2.24, 2.45) is 0 Å². The summed E-state index contributed by atoms with van der Waals surface area (Å²) in [4.78, 5) is 29.9. The van der Waals surface area contributed by atoms with Gasteiger partial charge in [0.05, 0.1) is 11.3 Å². The van der Waals surface area contributed by atoms with Crippen molar-refractivity contribution >= 4 is 54.3 Å². The molecule has 0 aliphatic rings. The van der Waals surface area contributed by atoms with Crippen LogP contribution in [-0.4, -0.2) is 77.8 Å². The summed E-state index contributed by atoms with van der Waals surface area (Å²) in [6.07, 6.45) is 12.4. The van der Waals surface area contributed by atoms with Gasteiger partial charge in [-0.05, 0) is 89.5 Å². The van der Waals surface area contributed by atoms with E-state index in [2.05, 4.69) is 65.2 Å². The van der Waals surface area contributed by atoms with Gasteiger partial charge in [0, 0.05) is 120 Å². The molecule has 14 aromatic rings. The summed E-state index contributed by atoms with van der Waals surface area (Å²) in [6, 6.07) is 83.2. The van der Waals surface area contributed by atoms with Crippen molar-refractivity contribution in [3.8, 4) is 56.3 Å². The van der Waals surface area contributed by atoms with Crippen molar-refractivity contribution in [2.75, 3.05) is 14.2 Å². The van der Waals surface area contributed by atoms with Gasteiger partial charge in [-0.2, -0.15) is 21.6 Å². The normalized spacial score (nSPS) is 10.2. The molecule has 0 saturated carbocycles. The van der Waals surface area contributed by atoms with Crippen LogP contribution in [0, 0.1) is 24.3 Å². The Labute approximate surface area is 533 Å². The zero-order valence-electron chi connectivity index (χ0n) is 46.6. The number of aromatic nitrogens is 7. The van der Waals surface area contributed by atoms with E-state index in [-0.39, 0.29) is 40.2 Å². The average Bonchev–Trinajstić information content (AvgIpc) is 3.33. The first-order valence-corrected chi connectivity index (χ1v) is 27.3. The van der Waals surface area contributed by atoms with Crippen LogP contribution < -0.4 is 0 Å². The van der Waals surface area contributed by atoms with Gasteiger partial charge in [-0.1, -0.05) is 77.7 Å². The Morgan fingerprint density at radius 1 is 0.364 bits per heavy atom. The molecule has 0 unspecified atom stereocenters. The van der Waals surface area contributed by atoms with Crippen LogP contribution in [0.1, 0.15) is 0 Å². The number of hydrogen-bond acceptors (Lipinski definition) is 13. The Bertz CT molecular complexity index is 3910. The van der Waals surface area contributed by atoms with Crippen molar-refractivity contribution < 1.29 is 85.4 Å². The fourth-order valence-corrected chi connectivity index (χ4v) is 7.86. The molecule has 9 aromatic heterocycles. The quantitative estimate of drug-likeness (QED) is 0.0831. The van der Waals surface area contributed by atoms with E-state index in [0.29, 0.717) is 11.4 Å². The molecule has 0 spiro atoms. The van der Waals surface area contributed by atoms with Crippen molar-refractivity contribution in [3.05, 3.63) is 286 Å². The van der Waals surface area contributed by atoms with E-state index >= 15 is 0 Å². The zero-order valence-corrected chi connectivity index (χ0v) is 52.2. The van der Waals surface area contributed by atoms with Gasteiger partial charge < -0.3 is 39.0 Å². The third kappa shape index (κ3) is 19.6. The van der Waals surface area contributed by atoms with Crippen molar-refractivity contribution in [1.29, 1.82) is 0 Å². The largest absolute Gasteiger partial charge is 0.522 e. The number of para-hydroxylation sites is 1. The van der Waals surface area contributed by atoms with Gasteiger partial charge in [0.2, 0.25) is 11.4 Å². The van der Waals surface area contributed by atoms with Gasteiger partial charge in [-0.25, -0.2) is 9.97 Å². The summed E-state index contributed by atoms with van der Waals surface area (Å²) in [5.74, 6) is 0. The summed E-state index contributed by atoms with van der Waals surface area (Å²) in [5, 5.41) is 18.2. The molecule has 14 rings (SSSR count). The average molecular weight is 1550 g/mol. The van der Waals surface area contributed by atoms with Crippen molar-refractivity contribution in [2.45, 2.75) is 5.51 Å². The summed E-state index contributed by atoms with van der Waals surface area (Å²) in [7, 11) is -3.84. The molecule has 5 aromatic carbocycles. The van der Waals surface area contributed by atoms with E-state index in [4.69, 9.17) is 32.0 Å². The smallest absolute Gasteiger partial charge is 0.486 e. The number of nitrogens with zero attached hydrogens (tertiary/aromatic N) is 7. The van der Waals surface area contributed by atoms with E-state index in [1.54, 1.807) is 43.4 Å². The van der Waals surface area contributed by atoms with Crippen LogP contribution in [0.4, 0.5) is 13.2 Å². The SMILES string of the molecule is CO.CO.O=S(=O)(O)C(F)(F)F.[Ir].[Ir].[c-]1ccc2c(oc3ncccc32)c1-c1ccccn1.[c-]1ccccc1-c1ccccn1.[c-]1ccccc1-c1ccccn1.[c-]1ccccc1-c1ccccn1.c1ccc(-c2cccc3c2oc2ncccc23)nc1. The molecule has 9 heterocycles. The molecule has 0 amide bonds. The van der Waals surface area contributed by atoms with E-state index < -0.39 is 15.6 Å². The van der Waals surface area contributed by atoms with E-state index in [1.165, 1.54) is 0 Å². The van der Waals surface area contributed by atoms with Gasteiger partial charge >= 0.3 is 15.6 Å². The number of hydrogen-bond donors (Lipinski definition) is 3. The zero-order chi connectivity index (χ0) is 61.0. The Hall–Kier alpha value is -9.33. The van der Waals surface area contributed by atoms with E-state index in [0.717, 1.165) is 103 Å². The predicted molar refractivity (Wildman–Crippen MR) is 328 cm³/mol. The molecule has 0 aliphatic heterocycles. The maximum Gasteiger partial charge on any atom is 0.522 e. The molecule has 0 saturated heterocycles. The van der Waals surface area contributed by atoms with Gasteiger partial charge in [0.1, 0.15) is 5.58 Å². The van der Waals surface area contributed by atoms with E-state index in [9.17, 15) is 13.2 Å². The molecule has 0 atom stereocenters. The number of alkyl halides is 3. The minimum Gasteiger partial charge on any atom is -0.486 e. The summed E-state index contributed by atoms with van der Waals surface area (Å²) >= 11 is 0. The topological polar surface area (TPSA) is 211 Å².